The van der Waals surface area contributed by atoms with E-state index in [1.54, 1.807) is 30.3 Å². The van der Waals surface area contributed by atoms with E-state index >= 15 is 0 Å². The van der Waals surface area contributed by atoms with Crippen LogP contribution in [0.3, 0.4) is 0 Å². The van der Waals surface area contributed by atoms with Crippen LogP contribution in [0, 0.1) is 11.3 Å². The second-order valence-corrected chi connectivity index (χ2v) is 8.15. The van der Waals surface area contributed by atoms with Crippen molar-refractivity contribution in [2.45, 2.75) is 6.61 Å². The number of carboxylic acid groups (broad SMARTS) is 1. The Morgan fingerprint density at radius 2 is 1.55 bits per heavy atom. The van der Waals surface area contributed by atoms with Crippen LogP contribution in [0.5, 0.6) is 5.75 Å². The van der Waals surface area contributed by atoms with Crippen molar-refractivity contribution >= 4 is 51.6 Å². The highest BCUT2D eigenvalue weighted by molar-refractivity contribution is 6.37. The van der Waals surface area contributed by atoms with Gasteiger partial charge in [-0.05, 0) is 63.9 Å². The molecule has 4 aromatic rings. The third kappa shape index (κ3) is 5.18. The normalized spacial score (nSPS) is 11.2. The molecule has 0 heterocycles. The Morgan fingerprint density at radius 3 is 2.18 bits per heavy atom. The molecule has 0 aromatic heterocycles. The molecule has 0 radical (unpaired) electrons. The molecule has 4 nitrogen and oxygen atoms in total. The van der Waals surface area contributed by atoms with Crippen LogP contribution in [0.2, 0.25) is 10.0 Å². The van der Waals surface area contributed by atoms with Crippen molar-refractivity contribution in [2.75, 3.05) is 0 Å². The largest absolute Gasteiger partial charge is 0.486 e. The van der Waals surface area contributed by atoms with E-state index in [2.05, 4.69) is 6.07 Å². The van der Waals surface area contributed by atoms with Gasteiger partial charge in [0.1, 0.15) is 6.61 Å². The van der Waals surface area contributed by atoms with Crippen LogP contribution in [0.1, 0.15) is 27.0 Å². The van der Waals surface area contributed by atoms with Crippen LogP contribution >= 0.6 is 23.2 Å². The van der Waals surface area contributed by atoms with Crippen LogP contribution in [0.15, 0.2) is 78.9 Å². The molecule has 4 aromatic carbocycles. The van der Waals surface area contributed by atoms with Crippen molar-refractivity contribution in [3.05, 3.63) is 111 Å². The minimum absolute atomic E-state index is 0.176. The summed E-state index contributed by atoms with van der Waals surface area (Å²) in [5, 5.41) is 21.5. The Morgan fingerprint density at radius 1 is 0.909 bits per heavy atom. The zero-order valence-electron chi connectivity index (χ0n) is 17.3. The maximum atomic E-state index is 11.0. The number of ether oxygens (including phenoxy) is 1. The first-order chi connectivity index (χ1) is 15.9. The van der Waals surface area contributed by atoms with Gasteiger partial charge in [-0.15, -0.1) is 0 Å². The number of rotatable bonds is 6. The maximum Gasteiger partial charge on any atom is 0.335 e. The Bertz CT molecular complexity index is 1400. The molecule has 4 rings (SSSR count). The highest BCUT2D eigenvalue weighted by atomic mass is 35.5. The molecule has 6 heteroatoms. The number of hydrogen-bond donors (Lipinski definition) is 1. The summed E-state index contributed by atoms with van der Waals surface area (Å²) in [5.41, 5.74) is 2.94. The summed E-state index contributed by atoms with van der Waals surface area (Å²) in [6.07, 6.45) is 1.73. The molecular formula is C27H17Cl2NO3. The number of hydrogen-bond acceptors (Lipinski definition) is 3. The van der Waals surface area contributed by atoms with Gasteiger partial charge in [0.2, 0.25) is 0 Å². The lowest BCUT2D eigenvalue weighted by Gasteiger charge is -2.11. The predicted molar refractivity (Wildman–Crippen MR) is 132 cm³/mol. The summed E-state index contributed by atoms with van der Waals surface area (Å²) in [4.78, 5) is 11.0. The molecule has 0 aliphatic carbocycles. The average molecular weight is 474 g/mol. The number of nitrogens with zero attached hydrogens (tertiary/aromatic N) is 1. The SMILES string of the molecule is N#C/C(=C/c1cc(Cl)c(OCc2ccc(C(=O)O)cc2)c(Cl)c1)c1ccc2ccccc2c1. The summed E-state index contributed by atoms with van der Waals surface area (Å²) in [6, 6.07) is 25.8. The first kappa shape index (κ1) is 22.4. The lowest BCUT2D eigenvalue weighted by molar-refractivity contribution is 0.0697. The maximum absolute atomic E-state index is 11.0. The number of halogens is 2. The molecule has 162 valence electrons. The first-order valence-corrected chi connectivity index (χ1v) is 10.8. The van der Waals surface area contributed by atoms with Crippen molar-refractivity contribution in [1.29, 1.82) is 5.26 Å². The molecule has 0 saturated carbocycles. The highest BCUT2D eigenvalue weighted by Gasteiger charge is 2.11. The number of aromatic carboxylic acids is 1. The molecule has 1 N–H and O–H groups in total. The van der Waals surface area contributed by atoms with E-state index < -0.39 is 5.97 Å². The number of allylic oxidation sites excluding steroid dienone is 1. The van der Waals surface area contributed by atoms with Gasteiger partial charge in [-0.3, -0.25) is 0 Å². The second-order valence-electron chi connectivity index (χ2n) is 7.34. The Kier molecular flexibility index (Phi) is 6.65. The molecule has 0 aliphatic rings. The van der Waals surface area contributed by atoms with Gasteiger partial charge in [0.15, 0.2) is 5.75 Å². The van der Waals surface area contributed by atoms with Crippen LogP contribution in [0.4, 0.5) is 0 Å². The summed E-state index contributed by atoms with van der Waals surface area (Å²) in [5.74, 6) is -0.667. The van der Waals surface area contributed by atoms with E-state index in [9.17, 15) is 10.1 Å². The summed E-state index contributed by atoms with van der Waals surface area (Å²) in [6.45, 7) is 0.176. The predicted octanol–water partition coefficient (Wildman–Crippen LogP) is 7.49. The van der Waals surface area contributed by atoms with Crippen molar-refractivity contribution < 1.29 is 14.6 Å². The van der Waals surface area contributed by atoms with Gasteiger partial charge in [0.25, 0.3) is 0 Å². The number of carbonyl (C=O) groups is 1. The molecule has 0 fully saturated rings. The van der Waals surface area contributed by atoms with E-state index in [4.69, 9.17) is 33.0 Å². The van der Waals surface area contributed by atoms with E-state index in [1.165, 1.54) is 12.1 Å². The third-order valence-corrected chi connectivity index (χ3v) is 5.66. The molecule has 33 heavy (non-hydrogen) atoms. The molecule has 0 atom stereocenters. The van der Waals surface area contributed by atoms with Crippen molar-refractivity contribution in [3.63, 3.8) is 0 Å². The van der Waals surface area contributed by atoms with Gasteiger partial charge in [0, 0.05) is 0 Å². The fourth-order valence-electron chi connectivity index (χ4n) is 3.40. The molecular weight excluding hydrogens is 457 g/mol. The first-order valence-electron chi connectivity index (χ1n) is 9.99. The van der Waals surface area contributed by atoms with Gasteiger partial charge in [-0.25, -0.2) is 4.79 Å². The van der Waals surface area contributed by atoms with Crippen molar-refractivity contribution in [3.8, 4) is 11.8 Å². The van der Waals surface area contributed by atoms with Gasteiger partial charge in [0.05, 0.1) is 27.3 Å². The summed E-state index contributed by atoms with van der Waals surface area (Å²) >= 11 is 12.8. The lowest BCUT2D eigenvalue weighted by atomic mass is 10.00. The standard InChI is InChI=1S/C27H17Cl2NO3/c28-24-12-18(11-23(15-30)22-10-9-19-3-1-2-4-21(19)14-22)13-25(29)26(24)33-16-17-5-7-20(8-6-17)27(31)32/h1-14H,16H2,(H,31,32)/b23-11-. The molecule has 0 amide bonds. The van der Waals surface area contributed by atoms with E-state index in [0.717, 1.165) is 21.9 Å². The van der Waals surface area contributed by atoms with E-state index in [0.29, 0.717) is 26.9 Å². The van der Waals surface area contributed by atoms with Crippen LogP contribution in [-0.2, 0) is 6.61 Å². The minimum Gasteiger partial charge on any atom is -0.486 e. The van der Waals surface area contributed by atoms with Crippen molar-refractivity contribution in [2.24, 2.45) is 0 Å². The van der Waals surface area contributed by atoms with Gasteiger partial charge in [-0.1, -0.05) is 71.7 Å². The zero-order chi connectivity index (χ0) is 23.4. The Hall–Kier alpha value is -3.78. The van der Waals surface area contributed by atoms with Crippen molar-refractivity contribution in [1.82, 2.24) is 0 Å². The van der Waals surface area contributed by atoms with Gasteiger partial charge < -0.3 is 9.84 Å². The molecule has 0 aliphatic heterocycles. The molecule has 0 spiro atoms. The topological polar surface area (TPSA) is 70.3 Å². The van der Waals surface area contributed by atoms with Gasteiger partial charge >= 0.3 is 5.97 Å². The van der Waals surface area contributed by atoms with Gasteiger partial charge in [-0.2, -0.15) is 5.26 Å². The monoisotopic (exact) mass is 473 g/mol. The Labute approximate surface area is 200 Å². The fourth-order valence-corrected chi connectivity index (χ4v) is 4.02. The number of nitriles is 1. The molecule has 0 bridgehead atoms. The number of carboxylic acids is 1. The third-order valence-electron chi connectivity index (χ3n) is 5.10. The lowest BCUT2D eigenvalue weighted by Crippen LogP contribution is -1.99. The van der Waals surface area contributed by atoms with E-state index in [1.807, 2.05) is 42.5 Å². The fraction of sp³-hybridized carbons (Fsp3) is 0.0370. The highest BCUT2D eigenvalue weighted by Crippen LogP contribution is 2.36. The molecule has 0 unspecified atom stereocenters. The van der Waals surface area contributed by atoms with Crippen LogP contribution in [-0.4, -0.2) is 11.1 Å². The second kappa shape index (κ2) is 9.79. The number of fused-ring (bicyclic) bond motifs is 1. The summed E-state index contributed by atoms with van der Waals surface area (Å²) < 4.78 is 5.78. The number of benzene rings is 4. The summed E-state index contributed by atoms with van der Waals surface area (Å²) in [7, 11) is 0. The average Bonchev–Trinajstić information content (AvgIpc) is 2.82. The Balaban J connectivity index is 1.56. The van der Waals surface area contributed by atoms with Crippen LogP contribution in [0.25, 0.3) is 22.4 Å². The smallest absolute Gasteiger partial charge is 0.335 e. The minimum atomic E-state index is -0.988. The molecule has 0 saturated heterocycles. The zero-order valence-corrected chi connectivity index (χ0v) is 18.8. The van der Waals surface area contributed by atoms with Crippen LogP contribution < -0.4 is 4.74 Å². The van der Waals surface area contributed by atoms with E-state index in [-0.39, 0.29) is 12.2 Å². The quantitative estimate of drug-likeness (QED) is 0.232.